The van der Waals surface area contributed by atoms with E-state index < -0.39 is 0 Å². The highest BCUT2D eigenvalue weighted by atomic mass is 16.3. The van der Waals surface area contributed by atoms with Crippen LogP contribution in [0.4, 0.5) is 0 Å². The van der Waals surface area contributed by atoms with Crippen molar-refractivity contribution in [3.63, 3.8) is 0 Å². The number of rotatable bonds is 8. The van der Waals surface area contributed by atoms with E-state index in [9.17, 15) is 0 Å². The summed E-state index contributed by atoms with van der Waals surface area (Å²) in [7, 11) is 0. The molecule has 0 aliphatic heterocycles. The molecule has 0 unspecified atom stereocenters. The summed E-state index contributed by atoms with van der Waals surface area (Å²) in [6.07, 6.45) is 6.25. The molecule has 78 valence electrons. The third-order valence-electron chi connectivity index (χ3n) is 2.60. The Morgan fingerprint density at radius 1 is 1.15 bits per heavy atom. The lowest BCUT2D eigenvalue weighted by atomic mass is 10.2. The molecule has 0 heterocycles. The van der Waals surface area contributed by atoms with Crippen LogP contribution in [-0.4, -0.2) is 42.3 Å². The average molecular weight is 186 g/mol. The quantitative estimate of drug-likeness (QED) is 0.545. The second-order valence-electron chi connectivity index (χ2n) is 3.84. The fraction of sp³-hybridized carbons (Fsp3) is 1.00. The van der Waals surface area contributed by atoms with Gasteiger partial charge < -0.3 is 10.8 Å². The second kappa shape index (κ2) is 6.35. The summed E-state index contributed by atoms with van der Waals surface area (Å²) in [5.74, 6) is 0. The van der Waals surface area contributed by atoms with Crippen LogP contribution >= 0.6 is 0 Å². The summed E-state index contributed by atoms with van der Waals surface area (Å²) in [5, 5.41) is 8.85. The van der Waals surface area contributed by atoms with E-state index in [-0.39, 0.29) is 0 Å². The molecule has 1 fully saturated rings. The Kier molecular flexibility index (Phi) is 5.35. The lowest BCUT2D eigenvalue weighted by molar-refractivity contribution is 0.186. The van der Waals surface area contributed by atoms with Crippen molar-refractivity contribution < 1.29 is 5.11 Å². The highest BCUT2D eigenvalue weighted by Crippen LogP contribution is 2.26. The third-order valence-corrected chi connectivity index (χ3v) is 2.60. The van der Waals surface area contributed by atoms with Gasteiger partial charge in [-0.15, -0.1) is 0 Å². The maximum absolute atomic E-state index is 8.85. The fourth-order valence-electron chi connectivity index (χ4n) is 1.68. The van der Waals surface area contributed by atoms with Crippen molar-refractivity contribution in [2.75, 3.05) is 26.2 Å². The molecule has 3 nitrogen and oxygen atoms in total. The Hall–Kier alpha value is -0.120. The zero-order chi connectivity index (χ0) is 9.52. The first-order valence-corrected chi connectivity index (χ1v) is 5.43. The van der Waals surface area contributed by atoms with E-state index in [4.69, 9.17) is 10.8 Å². The van der Waals surface area contributed by atoms with Crippen LogP contribution in [0.15, 0.2) is 0 Å². The maximum atomic E-state index is 8.85. The Morgan fingerprint density at radius 3 is 2.46 bits per heavy atom. The van der Waals surface area contributed by atoms with Gasteiger partial charge in [-0.2, -0.15) is 0 Å². The molecule has 1 rings (SSSR count). The summed E-state index contributed by atoms with van der Waals surface area (Å²) >= 11 is 0. The minimum absolute atomic E-state index is 0.299. The number of aliphatic hydroxyl groups is 1. The average Bonchev–Trinajstić information content (AvgIpc) is 2.93. The highest BCUT2D eigenvalue weighted by molar-refractivity contribution is 4.84. The molecule has 0 bridgehead atoms. The number of aliphatic hydroxyl groups excluding tert-OH is 1. The van der Waals surface area contributed by atoms with E-state index in [1.165, 1.54) is 25.7 Å². The normalized spacial score (nSPS) is 16.8. The Bertz CT molecular complexity index is 126. The van der Waals surface area contributed by atoms with Gasteiger partial charge in [-0.1, -0.05) is 6.42 Å². The van der Waals surface area contributed by atoms with Gasteiger partial charge in [-0.05, 0) is 38.8 Å². The van der Waals surface area contributed by atoms with Crippen molar-refractivity contribution in [3.05, 3.63) is 0 Å². The predicted octanol–water partition coefficient (Wildman–Crippen LogP) is 0.572. The van der Waals surface area contributed by atoms with Gasteiger partial charge in [-0.3, -0.25) is 4.90 Å². The van der Waals surface area contributed by atoms with Crippen molar-refractivity contribution in [2.45, 2.75) is 38.1 Å². The van der Waals surface area contributed by atoms with Crippen LogP contribution in [0, 0.1) is 0 Å². The molecule has 13 heavy (non-hydrogen) atoms. The molecule has 0 amide bonds. The van der Waals surface area contributed by atoms with E-state index >= 15 is 0 Å². The number of nitrogens with zero attached hydrogens (tertiary/aromatic N) is 1. The molecule has 0 saturated heterocycles. The zero-order valence-corrected chi connectivity index (χ0v) is 8.41. The number of nitrogens with two attached hydrogens (primary N) is 1. The van der Waals surface area contributed by atoms with Crippen LogP contribution in [0.25, 0.3) is 0 Å². The minimum Gasteiger partial charge on any atom is -0.395 e. The molecular formula is C10H22N2O. The third kappa shape index (κ3) is 4.60. The summed E-state index contributed by atoms with van der Waals surface area (Å²) < 4.78 is 0. The predicted molar refractivity (Wildman–Crippen MR) is 54.6 cm³/mol. The number of hydrogen-bond donors (Lipinski definition) is 2. The molecule has 0 spiro atoms. The summed E-state index contributed by atoms with van der Waals surface area (Å²) in [4.78, 5) is 2.41. The van der Waals surface area contributed by atoms with Crippen molar-refractivity contribution in [2.24, 2.45) is 5.73 Å². The minimum atomic E-state index is 0.299. The Morgan fingerprint density at radius 2 is 1.92 bits per heavy atom. The first kappa shape index (κ1) is 11.0. The largest absolute Gasteiger partial charge is 0.395 e. The van der Waals surface area contributed by atoms with Gasteiger partial charge in [-0.25, -0.2) is 0 Å². The molecule has 1 aliphatic carbocycles. The smallest absolute Gasteiger partial charge is 0.0558 e. The van der Waals surface area contributed by atoms with Crippen LogP contribution in [0.5, 0.6) is 0 Å². The first-order chi connectivity index (χ1) is 6.38. The SMILES string of the molecule is NCCCCCN(CCO)C1CC1. The standard InChI is InChI=1S/C10H22N2O/c11-6-2-1-3-7-12(8-9-13)10-4-5-10/h10,13H,1-9,11H2. The van der Waals surface area contributed by atoms with E-state index in [0.29, 0.717) is 6.61 Å². The molecule has 0 aromatic rings. The van der Waals surface area contributed by atoms with Crippen molar-refractivity contribution in [3.8, 4) is 0 Å². The lowest BCUT2D eigenvalue weighted by Crippen LogP contribution is -2.30. The van der Waals surface area contributed by atoms with Gasteiger partial charge in [0.05, 0.1) is 6.61 Å². The molecule has 0 radical (unpaired) electrons. The van der Waals surface area contributed by atoms with Gasteiger partial charge in [0.15, 0.2) is 0 Å². The first-order valence-electron chi connectivity index (χ1n) is 5.43. The molecule has 0 atom stereocenters. The number of unbranched alkanes of at least 4 members (excludes halogenated alkanes) is 2. The summed E-state index contributed by atoms with van der Waals surface area (Å²) in [6.45, 7) is 3.11. The van der Waals surface area contributed by atoms with E-state index in [1.807, 2.05) is 0 Å². The van der Waals surface area contributed by atoms with Crippen LogP contribution in [-0.2, 0) is 0 Å². The molecule has 0 aromatic carbocycles. The van der Waals surface area contributed by atoms with Crippen LogP contribution in [0.1, 0.15) is 32.1 Å². The maximum Gasteiger partial charge on any atom is 0.0558 e. The van der Waals surface area contributed by atoms with Crippen LogP contribution in [0.2, 0.25) is 0 Å². The monoisotopic (exact) mass is 186 g/mol. The van der Waals surface area contributed by atoms with Gasteiger partial charge in [0.1, 0.15) is 0 Å². The van der Waals surface area contributed by atoms with Gasteiger partial charge >= 0.3 is 0 Å². The topological polar surface area (TPSA) is 49.5 Å². The Balaban J connectivity index is 2.00. The van der Waals surface area contributed by atoms with Crippen LogP contribution in [0.3, 0.4) is 0 Å². The van der Waals surface area contributed by atoms with Gasteiger partial charge in [0, 0.05) is 12.6 Å². The fourth-order valence-corrected chi connectivity index (χ4v) is 1.68. The second-order valence-corrected chi connectivity index (χ2v) is 3.84. The van der Waals surface area contributed by atoms with Gasteiger partial charge in [0.2, 0.25) is 0 Å². The summed E-state index contributed by atoms with van der Waals surface area (Å²) in [6, 6.07) is 0.782. The molecule has 0 aromatic heterocycles. The molecule has 3 heteroatoms. The van der Waals surface area contributed by atoms with E-state index in [2.05, 4.69) is 4.90 Å². The highest BCUT2D eigenvalue weighted by Gasteiger charge is 2.27. The molecule has 1 saturated carbocycles. The summed E-state index contributed by atoms with van der Waals surface area (Å²) in [5.41, 5.74) is 5.42. The van der Waals surface area contributed by atoms with Crippen molar-refractivity contribution in [1.29, 1.82) is 0 Å². The molecule has 3 N–H and O–H groups in total. The van der Waals surface area contributed by atoms with Crippen molar-refractivity contribution in [1.82, 2.24) is 4.90 Å². The van der Waals surface area contributed by atoms with Crippen LogP contribution < -0.4 is 5.73 Å². The molecular weight excluding hydrogens is 164 g/mol. The number of hydrogen-bond acceptors (Lipinski definition) is 3. The lowest BCUT2D eigenvalue weighted by Gasteiger charge is -2.20. The Labute approximate surface area is 80.9 Å². The van der Waals surface area contributed by atoms with E-state index in [0.717, 1.165) is 32.1 Å². The zero-order valence-electron chi connectivity index (χ0n) is 8.41. The van der Waals surface area contributed by atoms with E-state index in [1.54, 1.807) is 0 Å². The van der Waals surface area contributed by atoms with Gasteiger partial charge in [0.25, 0.3) is 0 Å². The molecule has 1 aliphatic rings. The van der Waals surface area contributed by atoms with Crippen molar-refractivity contribution >= 4 is 0 Å².